The zero-order chi connectivity index (χ0) is 13.0. The summed E-state index contributed by atoms with van der Waals surface area (Å²) in [5.74, 6) is -0.665. The molecular formula is C13H22N2O3. The highest BCUT2D eigenvalue weighted by Gasteiger charge is 2.32. The molecule has 2 fully saturated rings. The summed E-state index contributed by atoms with van der Waals surface area (Å²) in [5.41, 5.74) is 0. The fraction of sp³-hybridized carbons (Fsp3) is 0.846. The zero-order valence-corrected chi connectivity index (χ0v) is 11.1. The third-order valence-corrected chi connectivity index (χ3v) is 3.84. The predicted molar refractivity (Wildman–Crippen MR) is 67.0 cm³/mol. The lowest BCUT2D eigenvalue weighted by Gasteiger charge is -2.36. The number of nitrogens with zero attached hydrogens (tertiary/aromatic N) is 2. The van der Waals surface area contributed by atoms with Crippen LogP contribution in [0.2, 0.25) is 0 Å². The lowest BCUT2D eigenvalue weighted by atomic mass is 10.00. The second-order valence-corrected chi connectivity index (χ2v) is 4.96. The van der Waals surface area contributed by atoms with Crippen molar-refractivity contribution in [2.45, 2.75) is 38.6 Å². The van der Waals surface area contributed by atoms with Crippen LogP contribution in [0.5, 0.6) is 0 Å². The van der Waals surface area contributed by atoms with Gasteiger partial charge in [0.15, 0.2) is 0 Å². The Hall–Kier alpha value is -1.10. The lowest BCUT2D eigenvalue weighted by Crippen LogP contribution is -2.53. The number of rotatable bonds is 1. The van der Waals surface area contributed by atoms with Gasteiger partial charge in [-0.3, -0.25) is 9.59 Å². The maximum Gasteiger partial charge on any atom is 0.312 e. The molecule has 0 radical (unpaired) electrons. The molecular weight excluding hydrogens is 232 g/mol. The van der Waals surface area contributed by atoms with Crippen LogP contribution in [0.1, 0.15) is 32.6 Å². The van der Waals surface area contributed by atoms with Gasteiger partial charge < -0.3 is 14.5 Å². The number of hydrogen-bond donors (Lipinski definition) is 0. The first-order chi connectivity index (χ1) is 8.74. The molecule has 0 aromatic rings. The summed E-state index contributed by atoms with van der Waals surface area (Å²) in [4.78, 5) is 27.8. The van der Waals surface area contributed by atoms with Gasteiger partial charge in [0.25, 0.3) is 0 Å². The first-order valence-electron chi connectivity index (χ1n) is 6.91. The number of ether oxygens (including phenoxy) is 1. The minimum absolute atomic E-state index is 0.247. The van der Waals surface area contributed by atoms with Gasteiger partial charge in [-0.15, -0.1) is 0 Å². The van der Waals surface area contributed by atoms with E-state index in [9.17, 15) is 9.59 Å². The van der Waals surface area contributed by atoms with E-state index in [2.05, 4.69) is 6.92 Å². The highest BCUT2D eigenvalue weighted by atomic mass is 16.5. The Morgan fingerprint density at radius 1 is 1.11 bits per heavy atom. The average molecular weight is 254 g/mol. The number of piperidine rings is 1. The molecule has 1 atom stereocenters. The maximum atomic E-state index is 12.3. The Kier molecular flexibility index (Phi) is 4.58. The summed E-state index contributed by atoms with van der Waals surface area (Å²) in [6.07, 6.45) is 4.13. The van der Waals surface area contributed by atoms with Crippen LogP contribution in [0.3, 0.4) is 0 Å². The van der Waals surface area contributed by atoms with Crippen molar-refractivity contribution in [2.24, 2.45) is 0 Å². The van der Waals surface area contributed by atoms with Gasteiger partial charge in [0, 0.05) is 25.7 Å². The minimum atomic E-state index is -0.348. The van der Waals surface area contributed by atoms with Crippen molar-refractivity contribution in [1.29, 1.82) is 0 Å². The van der Waals surface area contributed by atoms with Crippen LogP contribution in [-0.2, 0) is 14.3 Å². The maximum absolute atomic E-state index is 12.3. The standard InChI is InChI=1S/C13H22N2O3/c1-2-11-5-3-4-6-15(11)13(17)12(16)14-7-9-18-10-8-14/h11H,2-10H2,1H3. The summed E-state index contributed by atoms with van der Waals surface area (Å²) >= 11 is 0. The average Bonchev–Trinajstić information content (AvgIpc) is 2.46. The quantitative estimate of drug-likeness (QED) is 0.645. The number of carbonyl (C=O) groups excluding carboxylic acids is 2. The van der Waals surface area contributed by atoms with Crippen molar-refractivity contribution < 1.29 is 14.3 Å². The predicted octanol–water partition coefficient (Wildman–Crippen LogP) is 0.636. The Balaban J connectivity index is 1.97. The van der Waals surface area contributed by atoms with E-state index in [0.717, 1.165) is 32.2 Å². The molecule has 0 saturated carbocycles. The second-order valence-electron chi connectivity index (χ2n) is 4.96. The first-order valence-corrected chi connectivity index (χ1v) is 6.91. The number of carbonyl (C=O) groups is 2. The molecule has 1 unspecified atom stereocenters. The van der Waals surface area contributed by atoms with Crippen LogP contribution in [-0.4, -0.2) is 60.5 Å². The van der Waals surface area contributed by atoms with Crippen molar-refractivity contribution in [3.63, 3.8) is 0 Å². The lowest BCUT2D eigenvalue weighted by molar-refractivity contribution is -0.156. The first kappa shape index (κ1) is 13.3. The van der Waals surface area contributed by atoms with Crippen molar-refractivity contribution in [3.8, 4) is 0 Å². The molecule has 0 N–H and O–H groups in total. The van der Waals surface area contributed by atoms with Crippen LogP contribution < -0.4 is 0 Å². The van der Waals surface area contributed by atoms with E-state index in [4.69, 9.17) is 4.74 Å². The molecule has 18 heavy (non-hydrogen) atoms. The Bertz CT molecular complexity index is 313. The zero-order valence-electron chi connectivity index (χ0n) is 11.1. The number of hydrogen-bond acceptors (Lipinski definition) is 3. The van der Waals surface area contributed by atoms with Crippen LogP contribution in [0.25, 0.3) is 0 Å². The number of likely N-dealkylation sites (tertiary alicyclic amines) is 1. The SMILES string of the molecule is CCC1CCCCN1C(=O)C(=O)N1CCOCC1. The minimum Gasteiger partial charge on any atom is -0.378 e. The molecule has 2 saturated heterocycles. The fourth-order valence-electron chi connectivity index (χ4n) is 2.72. The molecule has 0 spiro atoms. The largest absolute Gasteiger partial charge is 0.378 e. The van der Waals surface area contributed by atoms with E-state index >= 15 is 0 Å². The van der Waals surface area contributed by atoms with Crippen molar-refractivity contribution in [2.75, 3.05) is 32.8 Å². The van der Waals surface area contributed by atoms with Gasteiger partial charge in [-0.1, -0.05) is 6.92 Å². The molecule has 5 heteroatoms. The Morgan fingerprint density at radius 2 is 1.83 bits per heavy atom. The van der Waals surface area contributed by atoms with Gasteiger partial charge in [-0.05, 0) is 25.7 Å². The molecule has 0 aromatic heterocycles. The van der Waals surface area contributed by atoms with E-state index in [1.165, 1.54) is 0 Å². The normalized spacial score (nSPS) is 25.1. The van der Waals surface area contributed by atoms with E-state index < -0.39 is 0 Å². The smallest absolute Gasteiger partial charge is 0.312 e. The summed E-state index contributed by atoms with van der Waals surface area (Å²) in [6.45, 7) is 4.96. The second kappa shape index (κ2) is 6.18. The van der Waals surface area contributed by atoms with Crippen LogP contribution in [0.4, 0.5) is 0 Å². The summed E-state index contributed by atoms with van der Waals surface area (Å²) in [5, 5.41) is 0. The molecule has 2 aliphatic rings. The van der Waals surface area contributed by atoms with E-state index in [1.54, 1.807) is 9.80 Å². The van der Waals surface area contributed by atoms with Gasteiger partial charge in [0.05, 0.1) is 13.2 Å². The molecule has 2 aliphatic heterocycles. The van der Waals surface area contributed by atoms with Gasteiger partial charge >= 0.3 is 11.8 Å². The number of morpholine rings is 1. The Labute approximate surface area is 108 Å². The van der Waals surface area contributed by atoms with Gasteiger partial charge in [-0.25, -0.2) is 0 Å². The van der Waals surface area contributed by atoms with Crippen molar-refractivity contribution in [1.82, 2.24) is 9.80 Å². The van der Waals surface area contributed by atoms with Crippen molar-refractivity contribution >= 4 is 11.8 Å². The summed E-state index contributed by atoms with van der Waals surface area (Å²) in [6, 6.07) is 0.247. The topological polar surface area (TPSA) is 49.9 Å². The molecule has 0 aromatic carbocycles. The van der Waals surface area contributed by atoms with Crippen LogP contribution in [0.15, 0.2) is 0 Å². The highest BCUT2D eigenvalue weighted by molar-refractivity contribution is 6.35. The molecule has 0 bridgehead atoms. The third-order valence-electron chi connectivity index (χ3n) is 3.84. The van der Waals surface area contributed by atoms with E-state index in [0.29, 0.717) is 26.3 Å². The molecule has 2 heterocycles. The van der Waals surface area contributed by atoms with Crippen LogP contribution >= 0.6 is 0 Å². The summed E-state index contributed by atoms with van der Waals surface area (Å²) in [7, 11) is 0. The van der Waals surface area contributed by atoms with Crippen LogP contribution in [0, 0.1) is 0 Å². The fourth-order valence-corrected chi connectivity index (χ4v) is 2.72. The molecule has 2 rings (SSSR count). The van der Waals surface area contributed by atoms with Gasteiger partial charge in [0.2, 0.25) is 0 Å². The molecule has 2 amide bonds. The highest BCUT2D eigenvalue weighted by Crippen LogP contribution is 2.20. The Morgan fingerprint density at radius 3 is 2.50 bits per heavy atom. The van der Waals surface area contributed by atoms with Crippen molar-refractivity contribution in [3.05, 3.63) is 0 Å². The molecule has 102 valence electrons. The number of amides is 2. The third kappa shape index (κ3) is 2.83. The van der Waals surface area contributed by atoms with Gasteiger partial charge in [0.1, 0.15) is 0 Å². The van der Waals surface area contributed by atoms with E-state index in [-0.39, 0.29) is 17.9 Å². The monoisotopic (exact) mass is 254 g/mol. The molecule has 5 nitrogen and oxygen atoms in total. The van der Waals surface area contributed by atoms with E-state index in [1.807, 2.05) is 0 Å². The summed E-state index contributed by atoms with van der Waals surface area (Å²) < 4.78 is 5.20. The van der Waals surface area contributed by atoms with Gasteiger partial charge in [-0.2, -0.15) is 0 Å². The molecule has 0 aliphatic carbocycles.